The second kappa shape index (κ2) is 5.14. The SMILES string of the molecule is CCc1ccc(OCC(N)=O)c(C=O)c1. The van der Waals surface area contributed by atoms with E-state index in [0.29, 0.717) is 17.6 Å². The van der Waals surface area contributed by atoms with Crippen molar-refractivity contribution in [1.29, 1.82) is 0 Å². The van der Waals surface area contributed by atoms with Crippen LogP contribution in [0.5, 0.6) is 5.75 Å². The Morgan fingerprint density at radius 2 is 2.27 bits per heavy atom. The fourth-order valence-corrected chi connectivity index (χ4v) is 1.19. The number of hydrogen-bond donors (Lipinski definition) is 1. The van der Waals surface area contributed by atoms with Gasteiger partial charge in [-0.1, -0.05) is 13.0 Å². The number of rotatable bonds is 5. The molecular formula is C11H13NO3. The maximum Gasteiger partial charge on any atom is 0.255 e. The molecule has 0 atom stereocenters. The van der Waals surface area contributed by atoms with E-state index in [2.05, 4.69) is 0 Å². The van der Waals surface area contributed by atoms with Crippen molar-refractivity contribution in [3.05, 3.63) is 29.3 Å². The maximum absolute atomic E-state index is 10.7. The third-order valence-corrected chi connectivity index (χ3v) is 1.98. The van der Waals surface area contributed by atoms with E-state index in [4.69, 9.17) is 10.5 Å². The molecule has 1 rings (SSSR count). The Morgan fingerprint density at radius 3 is 2.80 bits per heavy atom. The van der Waals surface area contributed by atoms with Gasteiger partial charge in [0.05, 0.1) is 5.56 Å². The van der Waals surface area contributed by atoms with Crippen molar-refractivity contribution in [1.82, 2.24) is 0 Å². The largest absolute Gasteiger partial charge is 0.483 e. The molecular weight excluding hydrogens is 194 g/mol. The van der Waals surface area contributed by atoms with Crippen LogP contribution in [0.3, 0.4) is 0 Å². The Hall–Kier alpha value is -1.84. The van der Waals surface area contributed by atoms with Crippen LogP contribution in [0, 0.1) is 0 Å². The average Bonchev–Trinajstić information content (AvgIpc) is 2.25. The zero-order valence-electron chi connectivity index (χ0n) is 8.53. The molecule has 0 aliphatic carbocycles. The summed E-state index contributed by atoms with van der Waals surface area (Å²) in [5, 5.41) is 0. The molecule has 0 aliphatic rings. The molecule has 80 valence electrons. The first-order valence-electron chi connectivity index (χ1n) is 4.66. The fourth-order valence-electron chi connectivity index (χ4n) is 1.19. The first-order chi connectivity index (χ1) is 7.17. The molecule has 0 aromatic heterocycles. The van der Waals surface area contributed by atoms with Crippen molar-refractivity contribution >= 4 is 12.2 Å². The Bertz CT molecular complexity index is 374. The van der Waals surface area contributed by atoms with Gasteiger partial charge in [0.15, 0.2) is 12.9 Å². The summed E-state index contributed by atoms with van der Waals surface area (Å²) >= 11 is 0. The van der Waals surface area contributed by atoms with E-state index in [0.717, 1.165) is 12.0 Å². The van der Waals surface area contributed by atoms with E-state index in [-0.39, 0.29) is 6.61 Å². The lowest BCUT2D eigenvalue weighted by atomic mass is 10.1. The summed E-state index contributed by atoms with van der Waals surface area (Å²) in [5.74, 6) is -0.174. The summed E-state index contributed by atoms with van der Waals surface area (Å²) in [6.45, 7) is 1.78. The van der Waals surface area contributed by atoms with Gasteiger partial charge in [-0.25, -0.2) is 0 Å². The van der Waals surface area contributed by atoms with E-state index in [9.17, 15) is 9.59 Å². The van der Waals surface area contributed by atoms with Crippen molar-refractivity contribution < 1.29 is 14.3 Å². The molecule has 0 aliphatic heterocycles. The number of carbonyl (C=O) groups excluding carboxylic acids is 2. The van der Waals surface area contributed by atoms with Gasteiger partial charge in [0.1, 0.15) is 5.75 Å². The molecule has 4 heteroatoms. The van der Waals surface area contributed by atoms with E-state index < -0.39 is 5.91 Å². The number of aldehydes is 1. The minimum Gasteiger partial charge on any atom is -0.483 e. The van der Waals surface area contributed by atoms with Gasteiger partial charge in [-0.2, -0.15) is 0 Å². The van der Waals surface area contributed by atoms with Crippen molar-refractivity contribution in [3.8, 4) is 5.75 Å². The zero-order valence-corrected chi connectivity index (χ0v) is 8.53. The van der Waals surface area contributed by atoms with Crippen molar-refractivity contribution in [2.45, 2.75) is 13.3 Å². The molecule has 0 fully saturated rings. The average molecular weight is 207 g/mol. The van der Waals surface area contributed by atoms with E-state index >= 15 is 0 Å². The Kier molecular flexibility index (Phi) is 3.85. The number of amides is 1. The van der Waals surface area contributed by atoms with Crippen molar-refractivity contribution in [3.63, 3.8) is 0 Å². The molecule has 15 heavy (non-hydrogen) atoms. The number of carbonyl (C=O) groups is 2. The van der Waals surface area contributed by atoms with Crippen LogP contribution in [0.15, 0.2) is 18.2 Å². The summed E-state index contributed by atoms with van der Waals surface area (Å²) in [4.78, 5) is 21.2. The number of primary amides is 1. The molecule has 1 aromatic carbocycles. The van der Waals surface area contributed by atoms with E-state index in [1.807, 2.05) is 13.0 Å². The highest BCUT2D eigenvalue weighted by Gasteiger charge is 2.05. The summed E-state index contributed by atoms with van der Waals surface area (Å²) in [7, 11) is 0. The number of aryl methyl sites for hydroxylation is 1. The van der Waals surface area contributed by atoms with Gasteiger partial charge in [-0.3, -0.25) is 9.59 Å². The standard InChI is InChI=1S/C11H13NO3/c1-2-8-3-4-10(9(5-8)6-13)15-7-11(12)14/h3-6H,2,7H2,1H3,(H2,12,14). The van der Waals surface area contributed by atoms with Crippen LogP contribution >= 0.6 is 0 Å². The summed E-state index contributed by atoms with van der Waals surface area (Å²) in [6, 6.07) is 5.26. The maximum atomic E-state index is 10.7. The molecule has 0 unspecified atom stereocenters. The highest BCUT2D eigenvalue weighted by molar-refractivity contribution is 5.80. The number of ether oxygens (including phenoxy) is 1. The molecule has 0 spiro atoms. The Morgan fingerprint density at radius 1 is 1.53 bits per heavy atom. The van der Waals surface area contributed by atoms with E-state index in [1.54, 1.807) is 12.1 Å². The number of benzene rings is 1. The topological polar surface area (TPSA) is 69.4 Å². The predicted molar refractivity (Wildman–Crippen MR) is 55.9 cm³/mol. The van der Waals surface area contributed by atoms with Gasteiger partial charge < -0.3 is 10.5 Å². The molecule has 1 amide bonds. The number of hydrogen-bond acceptors (Lipinski definition) is 3. The third kappa shape index (κ3) is 3.09. The monoisotopic (exact) mass is 207 g/mol. The van der Waals surface area contributed by atoms with Crippen LogP contribution in [0.25, 0.3) is 0 Å². The normalized spacial score (nSPS) is 9.67. The molecule has 0 saturated heterocycles. The molecule has 0 heterocycles. The van der Waals surface area contributed by atoms with Crippen LogP contribution in [-0.4, -0.2) is 18.8 Å². The summed E-state index contributed by atoms with van der Waals surface area (Å²) in [6.07, 6.45) is 1.55. The number of nitrogens with two attached hydrogens (primary N) is 1. The smallest absolute Gasteiger partial charge is 0.255 e. The van der Waals surface area contributed by atoms with Gasteiger partial charge in [0, 0.05) is 0 Å². The quantitative estimate of drug-likeness (QED) is 0.730. The molecule has 1 aromatic rings. The first-order valence-corrected chi connectivity index (χ1v) is 4.66. The second-order valence-electron chi connectivity index (χ2n) is 3.10. The first kappa shape index (κ1) is 11.2. The van der Waals surface area contributed by atoms with Gasteiger partial charge in [-0.15, -0.1) is 0 Å². The van der Waals surface area contributed by atoms with Crippen LogP contribution in [-0.2, 0) is 11.2 Å². The van der Waals surface area contributed by atoms with Crippen molar-refractivity contribution in [2.75, 3.05) is 6.61 Å². The van der Waals surface area contributed by atoms with Crippen LogP contribution in [0.2, 0.25) is 0 Å². The third-order valence-electron chi connectivity index (χ3n) is 1.98. The highest BCUT2D eigenvalue weighted by atomic mass is 16.5. The Labute approximate surface area is 88.0 Å². The van der Waals surface area contributed by atoms with Crippen LogP contribution < -0.4 is 10.5 Å². The molecule has 2 N–H and O–H groups in total. The van der Waals surface area contributed by atoms with Gasteiger partial charge in [-0.05, 0) is 24.1 Å². The van der Waals surface area contributed by atoms with Crippen LogP contribution in [0.1, 0.15) is 22.8 Å². The van der Waals surface area contributed by atoms with Crippen LogP contribution in [0.4, 0.5) is 0 Å². The van der Waals surface area contributed by atoms with Crippen molar-refractivity contribution in [2.24, 2.45) is 5.73 Å². The summed E-state index contributed by atoms with van der Waals surface area (Å²) in [5.41, 5.74) is 6.42. The lowest BCUT2D eigenvalue weighted by Gasteiger charge is -2.07. The minimum absolute atomic E-state index is 0.216. The van der Waals surface area contributed by atoms with Gasteiger partial charge in [0.25, 0.3) is 5.91 Å². The zero-order chi connectivity index (χ0) is 11.3. The van der Waals surface area contributed by atoms with Gasteiger partial charge >= 0.3 is 0 Å². The van der Waals surface area contributed by atoms with E-state index in [1.165, 1.54) is 0 Å². The lowest BCUT2D eigenvalue weighted by Crippen LogP contribution is -2.20. The molecule has 0 saturated carbocycles. The fraction of sp³-hybridized carbons (Fsp3) is 0.273. The summed E-state index contributed by atoms with van der Waals surface area (Å²) < 4.78 is 5.08. The Balaban J connectivity index is 2.87. The molecule has 0 radical (unpaired) electrons. The lowest BCUT2D eigenvalue weighted by molar-refractivity contribution is -0.119. The minimum atomic E-state index is -0.564. The van der Waals surface area contributed by atoms with Gasteiger partial charge in [0.2, 0.25) is 0 Å². The predicted octanol–water partition coefficient (Wildman–Crippen LogP) is 0.926. The highest BCUT2D eigenvalue weighted by Crippen LogP contribution is 2.18. The molecule has 4 nitrogen and oxygen atoms in total. The molecule has 0 bridgehead atoms. The second-order valence-corrected chi connectivity index (χ2v) is 3.10.